The number of rotatable bonds is 11. The number of nitrogens with zero attached hydrogens (tertiary/aromatic N) is 2. The van der Waals surface area contributed by atoms with Gasteiger partial charge in [0, 0.05) is 39.3 Å². The first-order valence-corrected chi connectivity index (χ1v) is 9.21. The molecule has 1 saturated heterocycles. The highest BCUT2D eigenvalue weighted by atomic mass is 16.5. The lowest BCUT2D eigenvalue weighted by Gasteiger charge is -2.35. The van der Waals surface area contributed by atoms with Crippen molar-refractivity contribution in [1.29, 1.82) is 0 Å². The monoisotopic (exact) mass is 384 g/mol. The third kappa shape index (κ3) is 6.51. The second kappa shape index (κ2) is 11.3. The number of hydrogen-bond donors (Lipinski definition) is 2. The number of aliphatic hydroxyl groups excluding tert-OH is 2. The molecule has 0 unspecified atom stereocenters. The first kappa shape index (κ1) is 21.7. The molecule has 2 N–H and O–H groups in total. The minimum Gasteiger partial charge on any atom is -0.493 e. The van der Waals surface area contributed by atoms with Gasteiger partial charge in [0.25, 0.3) is 0 Å². The lowest BCUT2D eigenvalue weighted by Crippen LogP contribution is -2.49. The highest BCUT2D eigenvalue weighted by Crippen LogP contribution is 2.38. The summed E-state index contributed by atoms with van der Waals surface area (Å²) >= 11 is 0. The molecule has 0 radical (unpaired) electrons. The molecule has 1 aromatic carbocycles. The maximum atomic E-state index is 10.2. The fourth-order valence-electron chi connectivity index (χ4n) is 3.22. The molecule has 0 aliphatic carbocycles. The van der Waals surface area contributed by atoms with Crippen LogP contribution in [0, 0.1) is 0 Å². The van der Waals surface area contributed by atoms with Crippen molar-refractivity contribution in [2.75, 3.05) is 73.8 Å². The van der Waals surface area contributed by atoms with Gasteiger partial charge in [-0.2, -0.15) is 0 Å². The number of methoxy groups -OCH3 is 3. The van der Waals surface area contributed by atoms with Crippen LogP contribution in [-0.4, -0.2) is 99.9 Å². The maximum absolute atomic E-state index is 10.2. The molecular formula is C19H32N2O6. The fraction of sp³-hybridized carbons (Fsp3) is 0.684. The Morgan fingerprint density at radius 2 is 1.56 bits per heavy atom. The van der Waals surface area contributed by atoms with Gasteiger partial charge in [-0.25, -0.2) is 0 Å². The van der Waals surface area contributed by atoms with E-state index in [1.807, 2.05) is 12.1 Å². The summed E-state index contributed by atoms with van der Waals surface area (Å²) in [6.07, 6.45) is -0.545. The van der Waals surface area contributed by atoms with Crippen LogP contribution < -0.4 is 14.2 Å². The number of aliphatic hydroxyl groups is 2. The maximum Gasteiger partial charge on any atom is 0.203 e. The molecule has 0 amide bonds. The Bertz CT molecular complexity index is 538. The van der Waals surface area contributed by atoms with E-state index in [-0.39, 0.29) is 13.2 Å². The van der Waals surface area contributed by atoms with Gasteiger partial charge >= 0.3 is 0 Å². The van der Waals surface area contributed by atoms with Gasteiger partial charge in [0.1, 0.15) is 0 Å². The molecule has 1 atom stereocenters. The van der Waals surface area contributed by atoms with Crippen LogP contribution in [0.25, 0.3) is 0 Å². The standard InChI is InChI=1S/C19H32N2O6/c1-24-17-10-15(11-18(25-2)19(17)26-3)13-27-14-16(23)12-21-6-4-20(5-7-21)8-9-22/h10-11,16,22-23H,4-9,12-14H2,1-3H3/t16-/m1/s1. The van der Waals surface area contributed by atoms with E-state index in [1.54, 1.807) is 21.3 Å². The number of β-amino-alcohol motifs (C(OH)–C–C–N with tert-alkyl or cyclic N) is 2. The van der Waals surface area contributed by atoms with Crippen LogP contribution in [-0.2, 0) is 11.3 Å². The average molecular weight is 384 g/mol. The van der Waals surface area contributed by atoms with Crippen molar-refractivity contribution >= 4 is 0 Å². The zero-order valence-electron chi connectivity index (χ0n) is 16.5. The molecule has 1 fully saturated rings. The molecule has 8 heteroatoms. The minimum atomic E-state index is -0.545. The van der Waals surface area contributed by atoms with E-state index in [2.05, 4.69) is 9.80 Å². The molecule has 154 valence electrons. The van der Waals surface area contributed by atoms with Gasteiger partial charge in [0.05, 0.1) is 47.3 Å². The average Bonchev–Trinajstić information content (AvgIpc) is 2.68. The molecule has 27 heavy (non-hydrogen) atoms. The fourth-order valence-corrected chi connectivity index (χ4v) is 3.22. The highest BCUT2D eigenvalue weighted by molar-refractivity contribution is 5.53. The topological polar surface area (TPSA) is 83.9 Å². The molecule has 1 aromatic rings. The molecule has 0 aromatic heterocycles. The van der Waals surface area contributed by atoms with E-state index >= 15 is 0 Å². The van der Waals surface area contributed by atoms with Crippen LogP contribution >= 0.6 is 0 Å². The molecule has 1 aliphatic heterocycles. The summed E-state index contributed by atoms with van der Waals surface area (Å²) in [4.78, 5) is 4.45. The normalized spacial score (nSPS) is 16.9. The SMILES string of the molecule is COc1cc(COC[C@H](O)CN2CCN(CCO)CC2)cc(OC)c1OC. The molecule has 0 bridgehead atoms. The number of piperazine rings is 1. The van der Waals surface area contributed by atoms with Gasteiger partial charge in [-0.05, 0) is 17.7 Å². The zero-order valence-corrected chi connectivity index (χ0v) is 16.5. The summed E-state index contributed by atoms with van der Waals surface area (Å²) in [5, 5.41) is 19.2. The van der Waals surface area contributed by atoms with Crippen molar-refractivity contribution in [3.05, 3.63) is 17.7 Å². The van der Waals surface area contributed by atoms with Crippen molar-refractivity contribution in [3.8, 4) is 17.2 Å². The van der Waals surface area contributed by atoms with Gasteiger partial charge < -0.3 is 29.2 Å². The van der Waals surface area contributed by atoms with Crippen LogP contribution in [0.4, 0.5) is 0 Å². The van der Waals surface area contributed by atoms with Gasteiger partial charge in [-0.15, -0.1) is 0 Å². The largest absolute Gasteiger partial charge is 0.493 e. The van der Waals surface area contributed by atoms with Crippen LogP contribution in [0.1, 0.15) is 5.56 Å². The Hall–Kier alpha value is -1.58. The quantitative estimate of drug-likeness (QED) is 0.560. The Morgan fingerprint density at radius 1 is 0.963 bits per heavy atom. The molecule has 1 aliphatic rings. The van der Waals surface area contributed by atoms with E-state index in [4.69, 9.17) is 24.1 Å². The van der Waals surface area contributed by atoms with Crippen molar-refractivity contribution in [2.45, 2.75) is 12.7 Å². The lowest BCUT2D eigenvalue weighted by atomic mass is 10.2. The van der Waals surface area contributed by atoms with Crippen molar-refractivity contribution < 1.29 is 29.2 Å². The van der Waals surface area contributed by atoms with E-state index in [9.17, 15) is 5.11 Å². The molecule has 0 saturated carbocycles. The predicted octanol–water partition coefficient (Wildman–Crippen LogP) is 0.200. The van der Waals surface area contributed by atoms with Crippen LogP contribution in [0.5, 0.6) is 17.2 Å². The molecule has 2 rings (SSSR count). The summed E-state index contributed by atoms with van der Waals surface area (Å²) in [5.41, 5.74) is 0.884. The van der Waals surface area contributed by atoms with Gasteiger partial charge in [0.15, 0.2) is 11.5 Å². The summed E-state index contributed by atoms with van der Waals surface area (Å²) in [6, 6.07) is 3.68. The first-order valence-electron chi connectivity index (χ1n) is 9.21. The van der Waals surface area contributed by atoms with Crippen molar-refractivity contribution in [3.63, 3.8) is 0 Å². The third-order valence-corrected chi connectivity index (χ3v) is 4.65. The van der Waals surface area contributed by atoms with E-state index in [0.29, 0.717) is 36.9 Å². The number of benzene rings is 1. The first-order chi connectivity index (χ1) is 13.1. The Balaban J connectivity index is 1.77. The Morgan fingerprint density at radius 3 is 2.07 bits per heavy atom. The van der Waals surface area contributed by atoms with E-state index < -0.39 is 6.10 Å². The van der Waals surface area contributed by atoms with Crippen molar-refractivity contribution in [2.24, 2.45) is 0 Å². The highest BCUT2D eigenvalue weighted by Gasteiger charge is 2.19. The third-order valence-electron chi connectivity index (χ3n) is 4.65. The van der Waals surface area contributed by atoms with Crippen molar-refractivity contribution in [1.82, 2.24) is 9.80 Å². The second-order valence-corrected chi connectivity index (χ2v) is 6.57. The van der Waals surface area contributed by atoms with Crippen LogP contribution in [0.15, 0.2) is 12.1 Å². The Kier molecular flexibility index (Phi) is 9.09. The minimum absolute atomic E-state index is 0.192. The zero-order chi connectivity index (χ0) is 19.6. The molecule has 0 spiro atoms. The molecule has 8 nitrogen and oxygen atoms in total. The summed E-state index contributed by atoms with van der Waals surface area (Å²) in [5.74, 6) is 1.71. The van der Waals surface area contributed by atoms with E-state index in [0.717, 1.165) is 31.7 Å². The number of ether oxygens (including phenoxy) is 4. The number of hydrogen-bond acceptors (Lipinski definition) is 8. The van der Waals surface area contributed by atoms with Crippen LogP contribution in [0.3, 0.4) is 0 Å². The molecule has 1 heterocycles. The smallest absolute Gasteiger partial charge is 0.203 e. The summed E-state index contributed by atoms with van der Waals surface area (Å²) in [6.45, 7) is 5.71. The van der Waals surface area contributed by atoms with Crippen LogP contribution in [0.2, 0.25) is 0 Å². The predicted molar refractivity (Wildman–Crippen MR) is 102 cm³/mol. The van der Waals surface area contributed by atoms with E-state index in [1.165, 1.54) is 0 Å². The van der Waals surface area contributed by atoms with Gasteiger partial charge in [-0.1, -0.05) is 0 Å². The second-order valence-electron chi connectivity index (χ2n) is 6.57. The lowest BCUT2D eigenvalue weighted by molar-refractivity contribution is 0.000450. The summed E-state index contributed by atoms with van der Waals surface area (Å²) < 4.78 is 21.7. The van der Waals surface area contributed by atoms with Gasteiger partial charge in [-0.3, -0.25) is 9.80 Å². The molecular weight excluding hydrogens is 352 g/mol. The van der Waals surface area contributed by atoms with Gasteiger partial charge in [0.2, 0.25) is 5.75 Å². The Labute approximate surface area is 161 Å². The summed E-state index contributed by atoms with van der Waals surface area (Å²) in [7, 11) is 4.72.